The molecule has 0 aromatic carbocycles. The summed E-state index contributed by atoms with van der Waals surface area (Å²) in [6.45, 7) is 3.80. The van der Waals surface area contributed by atoms with Crippen LogP contribution < -0.4 is 0 Å². The topological polar surface area (TPSA) is 63.6 Å². The summed E-state index contributed by atoms with van der Waals surface area (Å²) in [5.74, 6) is 0. The minimum absolute atomic E-state index is 0.0868. The van der Waals surface area contributed by atoms with Crippen LogP contribution in [0.4, 0.5) is 0 Å². The molecule has 0 aromatic rings. The maximum atomic E-state index is 10.3. The molecule has 0 spiro atoms. The Balaban J connectivity index is 3.04. The first-order valence-corrected chi connectivity index (χ1v) is 9.15. The largest absolute Gasteiger partial charge is 0.397 e. The van der Waals surface area contributed by atoms with Crippen LogP contribution in [0.1, 0.15) is 77.0 Å². The molecule has 0 fully saturated rings. The van der Waals surface area contributed by atoms with E-state index in [9.17, 15) is 8.42 Å². The average Bonchev–Trinajstić information content (AvgIpc) is 2.38. The number of rotatable bonds is 15. The molecule has 0 saturated heterocycles. The van der Waals surface area contributed by atoms with E-state index in [4.69, 9.17) is 4.55 Å². The Kier molecular flexibility index (Phi) is 13.3. The molecule has 5 heteroatoms. The zero-order valence-electron chi connectivity index (χ0n) is 12.6. The van der Waals surface area contributed by atoms with Gasteiger partial charge in [-0.25, -0.2) is 4.18 Å². The summed E-state index contributed by atoms with van der Waals surface area (Å²) < 4.78 is 33.2. The lowest BCUT2D eigenvalue weighted by atomic mass is 10.1. The summed E-state index contributed by atoms with van der Waals surface area (Å²) in [5.41, 5.74) is 0. The van der Waals surface area contributed by atoms with Gasteiger partial charge < -0.3 is 0 Å². The second-order valence-electron chi connectivity index (χ2n) is 5.22. The van der Waals surface area contributed by atoms with Gasteiger partial charge in [0.05, 0.1) is 6.61 Å². The summed E-state index contributed by atoms with van der Waals surface area (Å²) in [7, 11) is -4.25. The van der Waals surface area contributed by atoms with Crippen LogP contribution in [0, 0.1) is 0 Å². The van der Waals surface area contributed by atoms with E-state index in [1.54, 1.807) is 0 Å². The molecule has 0 aliphatic rings. The standard InChI is InChI=1S/C15H30O4S/c1-2-3-4-5-6-7-8-9-10-11-12-13-14-15-19-20(16,17)18/h2H,1,3-15H2,(H,16,17,18). The Morgan fingerprint density at radius 2 is 1.20 bits per heavy atom. The SMILES string of the molecule is C=CCCCCCCCCCCCCCOS(=O)(=O)O. The maximum Gasteiger partial charge on any atom is 0.397 e. The van der Waals surface area contributed by atoms with Crippen LogP contribution in [0.25, 0.3) is 0 Å². The van der Waals surface area contributed by atoms with Crippen LogP contribution in [-0.4, -0.2) is 19.6 Å². The highest BCUT2D eigenvalue weighted by atomic mass is 32.3. The fraction of sp³-hybridized carbons (Fsp3) is 0.867. The predicted octanol–water partition coefficient (Wildman–Crippen LogP) is 4.67. The zero-order valence-corrected chi connectivity index (χ0v) is 13.4. The van der Waals surface area contributed by atoms with Gasteiger partial charge in [0.1, 0.15) is 0 Å². The Morgan fingerprint density at radius 1 is 0.800 bits per heavy atom. The van der Waals surface area contributed by atoms with E-state index >= 15 is 0 Å². The molecule has 0 amide bonds. The lowest BCUT2D eigenvalue weighted by Gasteiger charge is -2.03. The molecular weight excluding hydrogens is 276 g/mol. The first kappa shape index (κ1) is 19.6. The van der Waals surface area contributed by atoms with Gasteiger partial charge in [0.25, 0.3) is 0 Å². The van der Waals surface area contributed by atoms with Gasteiger partial charge in [-0.15, -0.1) is 6.58 Å². The second-order valence-corrected chi connectivity index (χ2v) is 6.31. The van der Waals surface area contributed by atoms with Crippen molar-refractivity contribution in [3.8, 4) is 0 Å². The lowest BCUT2D eigenvalue weighted by molar-refractivity contribution is 0.261. The van der Waals surface area contributed by atoms with Crippen LogP contribution in [-0.2, 0) is 14.6 Å². The van der Waals surface area contributed by atoms with Crippen molar-refractivity contribution in [1.29, 1.82) is 0 Å². The third-order valence-electron chi connectivity index (χ3n) is 3.28. The number of allylic oxidation sites excluding steroid dienone is 1. The lowest BCUT2D eigenvalue weighted by Crippen LogP contribution is -2.04. The van der Waals surface area contributed by atoms with E-state index in [0.29, 0.717) is 6.42 Å². The van der Waals surface area contributed by atoms with E-state index in [1.165, 1.54) is 51.4 Å². The maximum absolute atomic E-state index is 10.3. The number of unbranched alkanes of at least 4 members (excludes halogenated alkanes) is 11. The zero-order chi connectivity index (χ0) is 15.1. The summed E-state index contributed by atoms with van der Waals surface area (Å²) in [6, 6.07) is 0. The Labute approximate surface area is 124 Å². The van der Waals surface area contributed by atoms with Gasteiger partial charge in [-0.2, -0.15) is 8.42 Å². The summed E-state index contributed by atoms with van der Waals surface area (Å²) in [6.07, 6.45) is 16.2. The van der Waals surface area contributed by atoms with E-state index in [-0.39, 0.29) is 6.61 Å². The average molecular weight is 306 g/mol. The molecule has 0 heterocycles. The third kappa shape index (κ3) is 17.6. The van der Waals surface area contributed by atoms with Gasteiger partial charge in [-0.05, 0) is 19.3 Å². The van der Waals surface area contributed by atoms with Crippen LogP contribution >= 0.6 is 0 Å². The van der Waals surface area contributed by atoms with Crippen molar-refractivity contribution < 1.29 is 17.2 Å². The molecule has 0 aromatic heterocycles. The molecule has 0 radical (unpaired) electrons. The van der Waals surface area contributed by atoms with Crippen LogP contribution in [0.15, 0.2) is 12.7 Å². The summed E-state index contributed by atoms with van der Waals surface area (Å²) >= 11 is 0. The highest BCUT2D eigenvalue weighted by Crippen LogP contribution is 2.12. The highest BCUT2D eigenvalue weighted by molar-refractivity contribution is 7.80. The molecule has 0 bridgehead atoms. The number of hydrogen-bond acceptors (Lipinski definition) is 3. The molecule has 0 aliphatic heterocycles. The molecular formula is C15H30O4S. The van der Waals surface area contributed by atoms with Gasteiger partial charge in [0.2, 0.25) is 0 Å². The van der Waals surface area contributed by atoms with E-state index < -0.39 is 10.4 Å². The fourth-order valence-electron chi connectivity index (χ4n) is 2.15. The van der Waals surface area contributed by atoms with E-state index in [1.807, 2.05) is 6.08 Å². The van der Waals surface area contributed by atoms with Crippen LogP contribution in [0.2, 0.25) is 0 Å². The second kappa shape index (κ2) is 13.6. The van der Waals surface area contributed by atoms with Crippen molar-refractivity contribution in [3.63, 3.8) is 0 Å². The van der Waals surface area contributed by atoms with Gasteiger partial charge >= 0.3 is 10.4 Å². The summed E-state index contributed by atoms with van der Waals surface area (Å²) in [4.78, 5) is 0. The van der Waals surface area contributed by atoms with Gasteiger partial charge in [-0.1, -0.05) is 63.9 Å². The van der Waals surface area contributed by atoms with Crippen molar-refractivity contribution in [1.82, 2.24) is 0 Å². The normalized spacial score (nSPS) is 11.7. The molecule has 4 nitrogen and oxygen atoms in total. The van der Waals surface area contributed by atoms with Crippen molar-refractivity contribution in [2.45, 2.75) is 77.0 Å². The van der Waals surface area contributed by atoms with Gasteiger partial charge in [0, 0.05) is 0 Å². The van der Waals surface area contributed by atoms with Gasteiger partial charge in [0.15, 0.2) is 0 Å². The van der Waals surface area contributed by atoms with Crippen molar-refractivity contribution >= 4 is 10.4 Å². The predicted molar refractivity (Wildman–Crippen MR) is 83.1 cm³/mol. The van der Waals surface area contributed by atoms with E-state index in [2.05, 4.69) is 10.8 Å². The molecule has 0 atom stereocenters. The highest BCUT2D eigenvalue weighted by Gasteiger charge is 2.02. The van der Waals surface area contributed by atoms with Gasteiger partial charge in [-0.3, -0.25) is 4.55 Å². The molecule has 120 valence electrons. The number of hydrogen-bond donors (Lipinski definition) is 1. The van der Waals surface area contributed by atoms with Crippen molar-refractivity contribution in [2.75, 3.05) is 6.61 Å². The van der Waals surface area contributed by atoms with Crippen LogP contribution in [0.5, 0.6) is 0 Å². The molecule has 0 saturated carbocycles. The minimum atomic E-state index is -4.25. The summed E-state index contributed by atoms with van der Waals surface area (Å²) in [5, 5.41) is 0. The quantitative estimate of drug-likeness (QED) is 0.271. The molecule has 20 heavy (non-hydrogen) atoms. The smallest absolute Gasteiger partial charge is 0.264 e. The molecule has 1 N–H and O–H groups in total. The molecule has 0 unspecified atom stereocenters. The minimum Gasteiger partial charge on any atom is -0.264 e. The molecule has 0 aliphatic carbocycles. The monoisotopic (exact) mass is 306 g/mol. The molecule has 0 rings (SSSR count). The van der Waals surface area contributed by atoms with Crippen molar-refractivity contribution in [2.24, 2.45) is 0 Å². The first-order valence-electron chi connectivity index (χ1n) is 7.79. The first-order chi connectivity index (χ1) is 9.56. The van der Waals surface area contributed by atoms with E-state index in [0.717, 1.165) is 19.3 Å². The fourth-order valence-corrected chi connectivity index (χ4v) is 2.47. The Hall–Kier alpha value is -0.390. The Morgan fingerprint density at radius 3 is 1.60 bits per heavy atom. The van der Waals surface area contributed by atoms with Crippen molar-refractivity contribution in [3.05, 3.63) is 12.7 Å². The Bertz CT molecular complexity index is 312. The third-order valence-corrected chi connectivity index (χ3v) is 3.75. The van der Waals surface area contributed by atoms with Crippen LogP contribution in [0.3, 0.4) is 0 Å².